The fourth-order valence-corrected chi connectivity index (χ4v) is 2.97. The van der Waals surface area contributed by atoms with Crippen molar-refractivity contribution in [1.29, 1.82) is 0 Å². The van der Waals surface area contributed by atoms with Crippen molar-refractivity contribution in [3.8, 4) is 11.5 Å². The summed E-state index contributed by atoms with van der Waals surface area (Å²) in [4.78, 5) is 0. The van der Waals surface area contributed by atoms with Crippen LogP contribution < -0.4 is 14.8 Å². The summed E-state index contributed by atoms with van der Waals surface area (Å²) in [5.74, 6) is 1.77. The van der Waals surface area contributed by atoms with Crippen molar-refractivity contribution in [2.75, 3.05) is 14.2 Å². The summed E-state index contributed by atoms with van der Waals surface area (Å²) in [5.41, 5.74) is 3.32. The van der Waals surface area contributed by atoms with E-state index in [2.05, 4.69) is 10.4 Å². The van der Waals surface area contributed by atoms with E-state index < -0.39 is 0 Å². The molecule has 0 saturated heterocycles. The van der Waals surface area contributed by atoms with Gasteiger partial charge in [0.2, 0.25) is 0 Å². The molecular weight excluding hydrogens is 266 g/mol. The second-order valence-electron chi connectivity index (χ2n) is 5.43. The topological polar surface area (TPSA) is 48.3 Å². The second kappa shape index (κ2) is 5.41. The van der Waals surface area contributed by atoms with E-state index >= 15 is 0 Å². The van der Waals surface area contributed by atoms with Gasteiger partial charge in [-0.05, 0) is 32.2 Å². The van der Waals surface area contributed by atoms with Crippen molar-refractivity contribution in [3.05, 3.63) is 41.2 Å². The highest BCUT2D eigenvalue weighted by atomic mass is 16.5. The smallest absolute Gasteiger partial charge is 0.129 e. The number of aryl methyl sites for hydroxylation is 2. The molecule has 0 radical (unpaired) electrons. The monoisotopic (exact) mass is 287 g/mol. The molecule has 0 fully saturated rings. The molecule has 0 aliphatic carbocycles. The van der Waals surface area contributed by atoms with Gasteiger partial charge in [0.05, 0.1) is 12.8 Å². The van der Waals surface area contributed by atoms with Crippen LogP contribution in [0.4, 0.5) is 0 Å². The SMILES string of the molecule is CNC1CC(c2cn(C)nc2C)Oc2ccc(OC)cc21. The lowest BCUT2D eigenvalue weighted by Crippen LogP contribution is -2.27. The summed E-state index contributed by atoms with van der Waals surface area (Å²) in [5, 5.41) is 7.79. The van der Waals surface area contributed by atoms with Gasteiger partial charge < -0.3 is 14.8 Å². The maximum atomic E-state index is 6.19. The van der Waals surface area contributed by atoms with Gasteiger partial charge in [-0.3, -0.25) is 4.68 Å². The molecule has 0 bridgehead atoms. The first-order valence-electron chi connectivity index (χ1n) is 7.14. The zero-order valence-electron chi connectivity index (χ0n) is 12.9. The van der Waals surface area contributed by atoms with Gasteiger partial charge in [0.1, 0.15) is 17.6 Å². The number of nitrogens with one attached hydrogen (secondary N) is 1. The third kappa shape index (κ3) is 2.49. The van der Waals surface area contributed by atoms with Crippen LogP contribution in [0.5, 0.6) is 11.5 Å². The molecule has 2 unspecified atom stereocenters. The van der Waals surface area contributed by atoms with E-state index in [-0.39, 0.29) is 12.1 Å². The van der Waals surface area contributed by atoms with Gasteiger partial charge >= 0.3 is 0 Å². The molecule has 3 rings (SSSR count). The van der Waals surface area contributed by atoms with Crippen LogP contribution in [0.15, 0.2) is 24.4 Å². The molecular formula is C16H21N3O2. The number of aromatic nitrogens is 2. The van der Waals surface area contributed by atoms with Crippen molar-refractivity contribution in [2.24, 2.45) is 7.05 Å². The number of ether oxygens (including phenoxy) is 2. The first-order chi connectivity index (χ1) is 10.1. The first-order valence-corrected chi connectivity index (χ1v) is 7.14. The minimum atomic E-state index is 0.0250. The molecule has 5 heteroatoms. The van der Waals surface area contributed by atoms with E-state index in [1.165, 1.54) is 0 Å². The molecule has 2 heterocycles. The van der Waals surface area contributed by atoms with Crippen LogP contribution in [0.2, 0.25) is 0 Å². The summed E-state index contributed by atoms with van der Waals surface area (Å²) in [7, 11) is 5.60. The highest BCUT2D eigenvalue weighted by molar-refractivity contribution is 5.44. The number of fused-ring (bicyclic) bond motifs is 1. The van der Waals surface area contributed by atoms with Crippen LogP contribution in [-0.2, 0) is 7.05 Å². The number of hydrogen-bond acceptors (Lipinski definition) is 4. The Bertz CT molecular complexity index is 651. The molecule has 2 atom stereocenters. The Morgan fingerprint density at radius 1 is 1.38 bits per heavy atom. The number of rotatable bonds is 3. The number of hydrogen-bond donors (Lipinski definition) is 1. The van der Waals surface area contributed by atoms with Crippen LogP contribution in [0.3, 0.4) is 0 Å². The third-order valence-electron chi connectivity index (χ3n) is 4.06. The summed E-state index contributed by atoms with van der Waals surface area (Å²) < 4.78 is 13.3. The zero-order chi connectivity index (χ0) is 15.0. The Morgan fingerprint density at radius 2 is 2.19 bits per heavy atom. The molecule has 0 spiro atoms. The summed E-state index contributed by atoms with van der Waals surface area (Å²) in [6, 6.07) is 6.21. The Morgan fingerprint density at radius 3 is 2.81 bits per heavy atom. The predicted octanol–water partition coefficient (Wildman–Crippen LogP) is 2.52. The van der Waals surface area contributed by atoms with E-state index in [1.807, 2.05) is 50.1 Å². The quantitative estimate of drug-likeness (QED) is 0.942. The predicted molar refractivity (Wildman–Crippen MR) is 80.7 cm³/mol. The molecule has 1 aliphatic rings. The zero-order valence-corrected chi connectivity index (χ0v) is 12.9. The van der Waals surface area contributed by atoms with Crippen LogP contribution >= 0.6 is 0 Å². The third-order valence-corrected chi connectivity index (χ3v) is 4.06. The lowest BCUT2D eigenvalue weighted by atomic mass is 9.93. The van der Waals surface area contributed by atoms with Gasteiger partial charge in [0.15, 0.2) is 0 Å². The van der Waals surface area contributed by atoms with E-state index in [9.17, 15) is 0 Å². The lowest BCUT2D eigenvalue weighted by molar-refractivity contribution is 0.153. The van der Waals surface area contributed by atoms with Crippen molar-refractivity contribution in [1.82, 2.24) is 15.1 Å². The van der Waals surface area contributed by atoms with E-state index in [1.54, 1.807) is 7.11 Å². The Kier molecular flexibility index (Phi) is 3.59. The summed E-state index contributed by atoms with van der Waals surface area (Å²) in [6.07, 6.45) is 2.95. The Hall–Kier alpha value is -2.01. The Balaban J connectivity index is 1.97. The van der Waals surface area contributed by atoms with Crippen molar-refractivity contribution >= 4 is 0 Å². The standard InChI is InChI=1S/C16H21N3O2/c1-10-13(9-19(3)18-10)16-8-14(17-2)12-7-11(20-4)5-6-15(12)21-16/h5-7,9,14,16-17H,8H2,1-4H3. The van der Waals surface area contributed by atoms with Gasteiger partial charge in [0, 0.05) is 36.8 Å². The van der Waals surface area contributed by atoms with Crippen molar-refractivity contribution in [2.45, 2.75) is 25.5 Å². The highest BCUT2D eigenvalue weighted by Gasteiger charge is 2.30. The van der Waals surface area contributed by atoms with Gasteiger partial charge in [-0.15, -0.1) is 0 Å². The lowest BCUT2D eigenvalue weighted by Gasteiger charge is -2.32. The van der Waals surface area contributed by atoms with E-state index in [4.69, 9.17) is 9.47 Å². The number of nitrogens with zero attached hydrogens (tertiary/aromatic N) is 2. The average molecular weight is 287 g/mol. The summed E-state index contributed by atoms with van der Waals surface area (Å²) >= 11 is 0. The first kappa shape index (κ1) is 13.9. The normalized spacial score (nSPS) is 20.8. The molecule has 1 aromatic heterocycles. The molecule has 21 heavy (non-hydrogen) atoms. The molecule has 112 valence electrons. The van der Waals surface area contributed by atoms with Crippen molar-refractivity contribution in [3.63, 3.8) is 0 Å². The van der Waals surface area contributed by atoms with Crippen LogP contribution in [-0.4, -0.2) is 23.9 Å². The van der Waals surface area contributed by atoms with E-state index in [0.717, 1.165) is 34.7 Å². The largest absolute Gasteiger partial charge is 0.497 e. The minimum Gasteiger partial charge on any atom is -0.497 e. The van der Waals surface area contributed by atoms with Gasteiger partial charge in [0.25, 0.3) is 0 Å². The fourth-order valence-electron chi connectivity index (χ4n) is 2.97. The number of benzene rings is 1. The maximum absolute atomic E-state index is 6.19. The molecule has 1 aromatic carbocycles. The van der Waals surface area contributed by atoms with Crippen LogP contribution in [0.25, 0.3) is 0 Å². The van der Waals surface area contributed by atoms with Crippen LogP contribution in [0, 0.1) is 6.92 Å². The molecule has 1 aliphatic heterocycles. The van der Waals surface area contributed by atoms with Gasteiger partial charge in [-0.25, -0.2) is 0 Å². The molecule has 0 saturated carbocycles. The van der Waals surface area contributed by atoms with Crippen molar-refractivity contribution < 1.29 is 9.47 Å². The second-order valence-corrected chi connectivity index (χ2v) is 5.43. The van der Waals surface area contributed by atoms with Gasteiger partial charge in [-0.2, -0.15) is 5.10 Å². The highest BCUT2D eigenvalue weighted by Crippen LogP contribution is 2.42. The molecule has 5 nitrogen and oxygen atoms in total. The van der Waals surface area contributed by atoms with E-state index in [0.29, 0.717) is 0 Å². The average Bonchev–Trinajstić information content (AvgIpc) is 2.84. The molecule has 1 N–H and O–H groups in total. The van der Waals surface area contributed by atoms with Crippen LogP contribution in [0.1, 0.15) is 35.4 Å². The molecule has 2 aromatic rings. The molecule has 0 amide bonds. The maximum Gasteiger partial charge on any atom is 0.129 e. The minimum absolute atomic E-state index is 0.0250. The number of methoxy groups -OCH3 is 1. The van der Waals surface area contributed by atoms with Gasteiger partial charge in [-0.1, -0.05) is 0 Å². The summed E-state index contributed by atoms with van der Waals surface area (Å²) in [6.45, 7) is 2.02. The fraction of sp³-hybridized carbons (Fsp3) is 0.438. The Labute approximate surface area is 124 Å².